The minimum Gasteiger partial charge on any atom is -0.312 e. The van der Waals surface area contributed by atoms with Gasteiger partial charge < -0.3 is 5.32 Å². The summed E-state index contributed by atoms with van der Waals surface area (Å²) < 4.78 is 0. The molecule has 144 valence electrons. The summed E-state index contributed by atoms with van der Waals surface area (Å²) in [6.45, 7) is 4.34. The molecule has 1 aliphatic rings. The number of hydrogen-bond acceptors (Lipinski definition) is 2. The van der Waals surface area contributed by atoms with E-state index < -0.39 is 0 Å². The standard InChI is InChI=1S/C26H30N2/c1-4-10-22(11-5-1)16-25-18-27-26(17-23-12-6-2-7-13-23)21-28(20-25)19-24-14-8-3-9-15-24/h1-15,25-27H,16-21H2. The van der Waals surface area contributed by atoms with E-state index in [1.165, 1.54) is 16.7 Å². The molecule has 0 aromatic heterocycles. The second-order valence-corrected chi connectivity index (χ2v) is 8.03. The highest BCUT2D eigenvalue weighted by atomic mass is 15.2. The molecular formula is C26H30N2. The molecule has 2 atom stereocenters. The monoisotopic (exact) mass is 370 g/mol. The summed E-state index contributed by atoms with van der Waals surface area (Å²) in [4.78, 5) is 2.65. The van der Waals surface area contributed by atoms with Crippen LogP contribution in [0.4, 0.5) is 0 Å². The van der Waals surface area contributed by atoms with Crippen LogP contribution in [0.25, 0.3) is 0 Å². The van der Waals surface area contributed by atoms with Crippen molar-refractivity contribution in [3.05, 3.63) is 108 Å². The minimum atomic E-state index is 0.492. The van der Waals surface area contributed by atoms with Crippen molar-refractivity contribution in [3.8, 4) is 0 Å². The average molecular weight is 371 g/mol. The molecule has 28 heavy (non-hydrogen) atoms. The SMILES string of the molecule is c1ccc(CC2CNC(Cc3ccccc3)CN(Cc3ccccc3)C2)cc1. The van der Waals surface area contributed by atoms with Gasteiger partial charge in [-0.25, -0.2) is 0 Å². The molecule has 3 aromatic rings. The first kappa shape index (κ1) is 18.9. The van der Waals surface area contributed by atoms with Gasteiger partial charge in [-0.15, -0.1) is 0 Å². The molecule has 0 radical (unpaired) electrons. The highest BCUT2D eigenvalue weighted by Gasteiger charge is 2.24. The van der Waals surface area contributed by atoms with E-state index in [9.17, 15) is 0 Å². The van der Waals surface area contributed by atoms with Gasteiger partial charge in [-0.2, -0.15) is 0 Å². The van der Waals surface area contributed by atoms with Crippen molar-refractivity contribution in [1.82, 2.24) is 10.2 Å². The molecule has 0 spiro atoms. The van der Waals surface area contributed by atoms with Crippen LogP contribution < -0.4 is 5.32 Å². The Bertz CT molecular complexity index is 765. The summed E-state index contributed by atoms with van der Waals surface area (Å²) in [5.41, 5.74) is 4.26. The molecule has 0 amide bonds. The summed E-state index contributed by atoms with van der Waals surface area (Å²) in [6, 6.07) is 33.2. The second kappa shape index (κ2) is 9.68. The van der Waals surface area contributed by atoms with Crippen molar-refractivity contribution in [2.75, 3.05) is 19.6 Å². The maximum absolute atomic E-state index is 3.87. The molecule has 1 fully saturated rings. The largest absolute Gasteiger partial charge is 0.312 e. The summed E-state index contributed by atoms with van der Waals surface area (Å²) in [7, 11) is 0. The van der Waals surface area contributed by atoms with Gasteiger partial charge in [0.2, 0.25) is 0 Å². The maximum Gasteiger partial charge on any atom is 0.0235 e. The van der Waals surface area contributed by atoms with Crippen molar-refractivity contribution in [2.45, 2.75) is 25.4 Å². The topological polar surface area (TPSA) is 15.3 Å². The Balaban J connectivity index is 1.47. The van der Waals surface area contributed by atoms with Crippen LogP contribution in [0, 0.1) is 5.92 Å². The minimum absolute atomic E-state index is 0.492. The lowest BCUT2D eigenvalue weighted by Gasteiger charge is -2.26. The average Bonchev–Trinajstić information content (AvgIpc) is 2.92. The molecule has 1 N–H and O–H groups in total. The summed E-state index contributed by atoms with van der Waals surface area (Å²) in [6.07, 6.45) is 2.22. The van der Waals surface area contributed by atoms with Gasteiger partial charge >= 0.3 is 0 Å². The van der Waals surface area contributed by atoms with E-state index in [0.29, 0.717) is 12.0 Å². The van der Waals surface area contributed by atoms with Crippen LogP contribution in [0.15, 0.2) is 91.0 Å². The van der Waals surface area contributed by atoms with Crippen LogP contribution in [0.5, 0.6) is 0 Å². The lowest BCUT2D eigenvalue weighted by Crippen LogP contribution is -2.39. The number of rotatable bonds is 6. The van der Waals surface area contributed by atoms with E-state index in [0.717, 1.165) is 39.0 Å². The molecular weight excluding hydrogens is 340 g/mol. The van der Waals surface area contributed by atoms with Gasteiger partial charge in [0.15, 0.2) is 0 Å². The van der Waals surface area contributed by atoms with E-state index in [2.05, 4.69) is 101 Å². The van der Waals surface area contributed by atoms with Crippen molar-refractivity contribution in [2.24, 2.45) is 5.92 Å². The van der Waals surface area contributed by atoms with Crippen molar-refractivity contribution in [1.29, 1.82) is 0 Å². The smallest absolute Gasteiger partial charge is 0.0235 e. The van der Waals surface area contributed by atoms with Crippen LogP contribution in [-0.2, 0) is 19.4 Å². The molecule has 2 unspecified atom stereocenters. The fourth-order valence-corrected chi connectivity index (χ4v) is 4.30. The zero-order chi connectivity index (χ0) is 19.0. The van der Waals surface area contributed by atoms with Gasteiger partial charge in [0.1, 0.15) is 0 Å². The Kier molecular flexibility index (Phi) is 6.54. The van der Waals surface area contributed by atoms with Crippen LogP contribution in [0.2, 0.25) is 0 Å². The van der Waals surface area contributed by atoms with E-state index in [1.807, 2.05) is 0 Å². The van der Waals surface area contributed by atoms with Crippen LogP contribution in [-0.4, -0.2) is 30.6 Å². The Labute approximate surface area is 169 Å². The zero-order valence-electron chi connectivity index (χ0n) is 16.5. The Hall–Kier alpha value is -2.42. The molecule has 2 heteroatoms. The van der Waals surface area contributed by atoms with Crippen LogP contribution in [0.1, 0.15) is 16.7 Å². The summed E-state index contributed by atoms with van der Waals surface area (Å²) in [5, 5.41) is 3.87. The van der Waals surface area contributed by atoms with Gasteiger partial charge in [-0.05, 0) is 42.0 Å². The third-order valence-corrected chi connectivity index (χ3v) is 5.63. The molecule has 0 aliphatic carbocycles. The van der Waals surface area contributed by atoms with Gasteiger partial charge in [0, 0.05) is 25.7 Å². The molecule has 4 rings (SSSR count). The quantitative estimate of drug-likeness (QED) is 0.684. The van der Waals surface area contributed by atoms with Crippen molar-refractivity contribution in [3.63, 3.8) is 0 Å². The first-order valence-electron chi connectivity index (χ1n) is 10.4. The van der Waals surface area contributed by atoms with Gasteiger partial charge in [0.25, 0.3) is 0 Å². The highest BCUT2D eigenvalue weighted by molar-refractivity contribution is 5.18. The molecule has 0 saturated carbocycles. The Morgan fingerprint density at radius 3 is 1.79 bits per heavy atom. The molecule has 1 saturated heterocycles. The van der Waals surface area contributed by atoms with E-state index in [1.54, 1.807) is 0 Å². The third kappa shape index (κ3) is 5.54. The Morgan fingerprint density at radius 1 is 0.643 bits per heavy atom. The predicted octanol–water partition coefficient (Wildman–Crippen LogP) is 4.56. The molecule has 1 heterocycles. The molecule has 1 aliphatic heterocycles. The maximum atomic E-state index is 3.87. The van der Waals surface area contributed by atoms with Crippen molar-refractivity contribution < 1.29 is 0 Å². The summed E-state index contributed by atoms with van der Waals surface area (Å²) >= 11 is 0. The zero-order valence-corrected chi connectivity index (χ0v) is 16.5. The number of hydrogen-bond donors (Lipinski definition) is 1. The van der Waals surface area contributed by atoms with Gasteiger partial charge in [0.05, 0.1) is 0 Å². The number of benzene rings is 3. The highest BCUT2D eigenvalue weighted by Crippen LogP contribution is 2.17. The fraction of sp³-hybridized carbons (Fsp3) is 0.308. The normalized spacial score (nSPS) is 20.6. The predicted molar refractivity (Wildman–Crippen MR) is 117 cm³/mol. The molecule has 2 nitrogen and oxygen atoms in total. The lowest BCUT2D eigenvalue weighted by atomic mass is 9.99. The third-order valence-electron chi connectivity index (χ3n) is 5.63. The van der Waals surface area contributed by atoms with Crippen molar-refractivity contribution >= 4 is 0 Å². The van der Waals surface area contributed by atoms with E-state index in [4.69, 9.17) is 0 Å². The lowest BCUT2D eigenvalue weighted by molar-refractivity contribution is 0.234. The van der Waals surface area contributed by atoms with Gasteiger partial charge in [-0.1, -0.05) is 91.0 Å². The van der Waals surface area contributed by atoms with Crippen LogP contribution in [0.3, 0.4) is 0 Å². The first-order valence-corrected chi connectivity index (χ1v) is 10.4. The molecule has 0 bridgehead atoms. The molecule has 3 aromatic carbocycles. The second-order valence-electron chi connectivity index (χ2n) is 8.03. The first-order chi connectivity index (χ1) is 13.8. The fourth-order valence-electron chi connectivity index (χ4n) is 4.30. The van der Waals surface area contributed by atoms with Crippen LogP contribution >= 0.6 is 0 Å². The Morgan fingerprint density at radius 2 is 1.18 bits per heavy atom. The van der Waals surface area contributed by atoms with E-state index in [-0.39, 0.29) is 0 Å². The summed E-state index contributed by atoms with van der Waals surface area (Å²) in [5.74, 6) is 0.631. The number of nitrogens with one attached hydrogen (secondary N) is 1. The van der Waals surface area contributed by atoms with Gasteiger partial charge in [-0.3, -0.25) is 4.90 Å². The van der Waals surface area contributed by atoms with E-state index >= 15 is 0 Å². The number of nitrogens with zero attached hydrogens (tertiary/aromatic N) is 1.